The van der Waals surface area contributed by atoms with Crippen LogP contribution in [-0.4, -0.2) is 62.0 Å². The number of halogens is 1. The molecule has 5 heterocycles. The van der Waals surface area contributed by atoms with E-state index in [0.717, 1.165) is 13.1 Å². The summed E-state index contributed by atoms with van der Waals surface area (Å²) < 4.78 is 14.6. The first-order valence-electron chi connectivity index (χ1n) is 10.9. The van der Waals surface area contributed by atoms with Crippen LogP contribution in [0.3, 0.4) is 0 Å². The molecule has 12 heteroatoms. The molecule has 1 saturated heterocycles. The van der Waals surface area contributed by atoms with E-state index in [4.69, 9.17) is 5.73 Å². The zero-order chi connectivity index (χ0) is 24.2. The van der Waals surface area contributed by atoms with Crippen LogP contribution in [0.1, 0.15) is 10.4 Å². The lowest BCUT2D eigenvalue weighted by Crippen LogP contribution is -2.47. The number of nitrogens with two attached hydrogens (primary N) is 1. The molecule has 0 bridgehead atoms. The van der Waals surface area contributed by atoms with Crippen LogP contribution in [0, 0.1) is 5.95 Å². The quantitative estimate of drug-likeness (QED) is 0.415. The first-order valence-corrected chi connectivity index (χ1v) is 10.9. The lowest BCUT2D eigenvalue weighted by molar-refractivity contribution is 0.102. The molecule has 0 unspecified atom stereocenters. The van der Waals surface area contributed by atoms with Gasteiger partial charge in [0.1, 0.15) is 5.82 Å². The zero-order valence-corrected chi connectivity index (χ0v) is 18.5. The summed E-state index contributed by atoms with van der Waals surface area (Å²) in [6.07, 6.45) is 7.92. The summed E-state index contributed by atoms with van der Waals surface area (Å²) in [5.41, 5.74) is 6.66. The number of pyridine rings is 2. The van der Waals surface area contributed by atoms with Gasteiger partial charge in [-0.05, 0) is 30.3 Å². The van der Waals surface area contributed by atoms with Crippen LogP contribution in [-0.2, 0) is 0 Å². The van der Waals surface area contributed by atoms with Gasteiger partial charge in [0.25, 0.3) is 5.91 Å². The number of hydrogen-bond acceptors (Lipinski definition) is 10. The molecule has 1 fully saturated rings. The minimum atomic E-state index is -0.894. The molecule has 0 saturated carbocycles. The molecule has 0 aromatic carbocycles. The predicted molar refractivity (Wildman–Crippen MR) is 128 cm³/mol. The Morgan fingerprint density at radius 3 is 2.11 bits per heavy atom. The molecule has 0 atom stereocenters. The number of nitrogens with zero attached hydrogens (tertiary/aromatic N) is 8. The minimum absolute atomic E-state index is 0.194. The number of carbonyl (C=O) groups excluding carboxylic acids is 1. The molecular weight excluding hydrogens is 451 g/mol. The van der Waals surface area contributed by atoms with E-state index in [9.17, 15) is 9.18 Å². The topological polar surface area (TPSA) is 139 Å². The third kappa shape index (κ3) is 4.95. The second kappa shape index (κ2) is 9.63. The van der Waals surface area contributed by atoms with Gasteiger partial charge in [-0.1, -0.05) is 0 Å². The highest BCUT2D eigenvalue weighted by molar-refractivity contribution is 6.04. The van der Waals surface area contributed by atoms with Crippen LogP contribution in [0.5, 0.6) is 0 Å². The van der Waals surface area contributed by atoms with Crippen molar-refractivity contribution >= 4 is 29.3 Å². The van der Waals surface area contributed by atoms with E-state index in [1.165, 1.54) is 24.7 Å². The van der Waals surface area contributed by atoms with Gasteiger partial charge in [0, 0.05) is 50.3 Å². The van der Waals surface area contributed by atoms with Gasteiger partial charge in [-0.2, -0.15) is 4.39 Å². The van der Waals surface area contributed by atoms with E-state index in [0.29, 0.717) is 47.7 Å². The highest BCUT2D eigenvalue weighted by Crippen LogP contribution is 2.20. The zero-order valence-electron chi connectivity index (χ0n) is 18.5. The summed E-state index contributed by atoms with van der Waals surface area (Å²) >= 11 is 0. The maximum Gasteiger partial charge on any atom is 0.260 e. The molecule has 1 aliphatic heterocycles. The lowest BCUT2D eigenvalue weighted by atomic mass is 10.1. The van der Waals surface area contributed by atoms with E-state index in [1.807, 2.05) is 4.90 Å². The molecule has 5 rings (SSSR count). The van der Waals surface area contributed by atoms with Gasteiger partial charge in [0.15, 0.2) is 0 Å². The van der Waals surface area contributed by atoms with E-state index in [-0.39, 0.29) is 5.56 Å². The summed E-state index contributed by atoms with van der Waals surface area (Å²) in [5, 5.41) is 2.61. The average molecular weight is 472 g/mol. The van der Waals surface area contributed by atoms with Crippen LogP contribution in [0.4, 0.5) is 27.8 Å². The van der Waals surface area contributed by atoms with Crippen molar-refractivity contribution < 1.29 is 9.18 Å². The van der Waals surface area contributed by atoms with Gasteiger partial charge in [-0.25, -0.2) is 29.9 Å². The monoisotopic (exact) mass is 472 g/mol. The number of nitrogens with one attached hydrogen (secondary N) is 1. The van der Waals surface area contributed by atoms with Crippen LogP contribution in [0.25, 0.3) is 11.3 Å². The number of piperazine rings is 1. The van der Waals surface area contributed by atoms with E-state index >= 15 is 0 Å². The van der Waals surface area contributed by atoms with Crippen LogP contribution >= 0.6 is 0 Å². The average Bonchev–Trinajstić information content (AvgIpc) is 2.90. The van der Waals surface area contributed by atoms with E-state index in [1.54, 1.807) is 36.7 Å². The first kappa shape index (κ1) is 22.1. The maximum absolute atomic E-state index is 14.6. The number of carbonyl (C=O) groups is 1. The Kier molecular flexibility index (Phi) is 6.07. The van der Waals surface area contributed by atoms with Crippen LogP contribution in [0.15, 0.2) is 61.3 Å². The molecule has 176 valence electrons. The predicted octanol–water partition coefficient (Wildman–Crippen LogP) is 2.02. The second-order valence-electron chi connectivity index (χ2n) is 7.76. The van der Waals surface area contributed by atoms with Crippen molar-refractivity contribution in [3.63, 3.8) is 0 Å². The molecular formula is C23H21FN10O. The first-order chi connectivity index (χ1) is 17.1. The fourth-order valence-corrected chi connectivity index (χ4v) is 3.63. The summed E-state index contributed by atoms with van der Waals surface area (Å²) in [6.45, 7) is 2.88. The molecule has 3 N–H and O–H groups in total. The third-order valence-corrected chi connectivity index (χ3v) is 5.47. The molecule has 35 heavy (non-hydrogen) atoms. The summed E-state index contributed by atoms with van der Waals surface area (Å²) in [6, 6.07) is 7.97. The number of amides is 1. The highest BCUT2D eigenvalue weighted by atomic mass is 19.1. The van der Waals surface area contributed by atoms with Crippen molar-refractivity contribution in [1.29, 1.82) is 0 Å². The van der Waals surface area contributed by atoms with Crippen LogP contribution < -0.4 is 20.9 Å². The van der Waals surface area contributed by atoms with Crippen LogP contribution in [0.2, 0.25) is 0 Å². The number of anilines is 4. The Hall–Kier alpha value is -4.74. The minimum Gasteiger partial charge on any atom is -0.384 e. The fraction of sp³-hybridized carbons (Fsp3) is 0.174. The third-order valence-electron chi connectivity index (χ3n) is 5.47. The number of aromatic nitrogens is 6. The second-order valence-corrected chi connectivity index (χ2v) is 7.76. The number of hydrogen-bond donors (Lipinski definition) is 2. The molecule has 0 aliphatic carbocycles. The Balaban J connectivity index is 1.20. The maximum atomic E-state index is 14.6. The lowest BCUT2D eigenvalue weighted by Gasteiger charge is -2.34. The highest BCUT2D eigenvalue weighted by Gasteiger charge is 2.21. The van der Waals surface area contributed by atoms with Crippen molar-refractivity contribution in [2.75, 3.05) is 47.0 Å². The van der Waals surface area contributed by atoms with Crippen molar-refractivity contribution in [2.24, 2.45) is 0 Å². The van der Waals surface area contributed by atoms with Crippen molar-refractivity contribution in [1.82, 2.24) is 29.9 Å². The van der Waals surface area contributed by atoms with E-state index < -0.39 is 11.9 Å². The Bertz CT molecular complexity index is 1310. The largest absolute Gasteiger partial charge is 0.384 e. The fourth-order valence-electron chi connectivity index (χ4n) is 3.63. The summed E-state index contributed by atoms with van der Waals surface area (Å²) in [4.78, 5) is 41.8. The van der Waals surface area contributed by atoms with Gasteiger partial charge in [-0.15, -0.1) is 0 Å². The molecule has 1 aliphatic rings. The number of nitrogen functional groups attached to an aromatic ring is 1. The van der Waals surface area contributed by atoms with Gasteiger partial charge < -0.3 is 20.9 Å². The Morgan fingerprint density at radius 1 is 0.857 bits per heavy atom. The standard InChI is InChI=1S/C23H21FN10O/c24-20-17(3-4-18(32-20)15-2-5-19(25)28-12-15)21(35)31-16-13-29-23(30-14-16)34-10-8-33(9-11-34)22-26-6-1-7-27-22/h1-7,12-14H,8-11H2,(H2,25,28)(H,31,35). The summed E-state index contributed by atoms with van der Waals surface area (Å²) in [7, 11) is 0. The van der Waals surface area contributed by atoms with E-state index in [2.05, 4.69) is 40.1 Å². The Labute approximate surface area is 199 Å². The van der Waals surface area contributed by atoms with Crippen molar-refractivity contribution in [3.05, 3.63) is 72.8 Å². The normalized spacial score (nSPS) is 13.5. The Morgan fingerprint density at radius 2 is 1.51 bits per heavy atom. The molecule has 0 spiro atoms. The smallest absolute Gasteiger partial charge is 0.260 e. The molecule has 0 radical (unpaired) electrons. The van der Waals surface area contributed by atoms with Gasteiger partial charge in [-0.3, -0.25) is 4.79 Å². The van der Waals surface area contributed by atoms with Crippen molar-refractivity contribution in [3.8, 4) is 11.3 Å². The molecule has 1 amide bonds. The van der Waals surface area contributed by atoms with Gasteiger partial charge in [0.05, 0.1) is 29.3 Å². The van der Waals surface area contributed by atoms with Crippen molar-refractivity contribution in [2.45, 2.75) is 0 Å². The van der Waals surface area contributed by atoms with Gasteiger partial charge >= 0.3 is 0 Å². The van der Waals surface area contributed by atoms with Gasteiger partial charge in [0.2, 0.25) is 17.8 Å². The SMILES string of the molecule is Nc1ccc(-c2ccc(C(=O)Nc3cnc(N4CCN(c5ncccn5)CC4)nc3)c(F)n2)cn1. The molecule has 4 aromatic rings. The molecule has 11 nitrogen and oxygen atoms in total. The summed E-state index contributed by atoms with van der Waals surface area (Å²) in [5.74, 6) is 0.0545. The molecule has 4 aromatic heterocycles. The number of rotatable bonds is 5.